The highest BCUT2D eigenvalue weighted by atomic mass is 16.4. The van der Waals surface area contributed by atoms with Crippen LogP contribution in [0, 0.1) is 0 Å². The zero-order chi connectivity index (χ0) is 12.3. The van der Waals surface area contributed by atoms with Gasteiger partial charge in [-0.3, -0.25) is 9.78 Å². The van der Waals surface area contributed by atoms with Crippen molar-refractivity contribution in [2.45, 2.75) is 12.8 Å². The second-order valence-electron chi connectivity index (χ2n) is 3.57. The number of rotatable bonds is 3. The third kappa shape index (κ3) is 2.44. The van der Waals surface area contributed by atoms with Crippen molar-refractivity contribution in [3.05, 3.63) is 42.5 Å². The first-order chi connectivity index (χ1) is 8.18. The van der Waals surface area contributed by atoms with Gasteiger partial charge in [-0.1, -0.05) is 6.07 Å². The largest absolute Gasteiger partial charge is 0.481 e. The van der Waals surface area contributed by atoms with Crippen molar-refractivity contribution in [1.29, 1.82) is 0 Å². The molecule has 86 valence electrons. The lowest BCUT2D eigenvalue weighted by atomic mass is 10.1. The van der Waals surface area contributed by atoms with E-state index < -0.39 is 11.9 Å². The van der Waals surface area contributed by atoms with Crippen LogP contribution in [-0.2, 0) is 4.79 Å². The van der Waals surface area contributed by atoms with Gasteiger partial charge in [0.05, 0.1) is 11.4 Å². The summed E-state index contributed by atoms with van der Waals surface area (Å²) in [7, 11) is 0. The van der Waals surface area contributed by atoms with Gasteiger partial charge in [0.1, 0.15) is 11.7 Å². The van der Waals surface area contributed by atoms with E-state index in [9.17, 15) is 4.79 Å². The molecule has 17 heavy (non-hydrogen) atoms. The molecular weight excluding hydrogens is 218 g/mol. The molecule has 5 heteroatoms. The van der Waals surface area contributed by atoms with Crippen LogP contribution in [0.1, 0.15) is 18.7 Å². The van der Waals surface area contributed by atoms with Gasteiger partial charge in [-0.2, -0.15) is 0 Å². The summed E-state index contributed by atoms with van der Waals surface area (Å²) < 4.78 is 0. The molecule has 1 atom stereocenters. The maximum Gasteiger partial charge on any atom is 0.313 e. The Morgan fingerprint density at radius 1 is 1.18 bits per heavy atom. The van der Waals surface area contributed by atoms with Crippen LogP contribution in [-0.4, -0.2) is 26.0 Å². The van der Waals surface area contributed by atoms with Crippen molar-refractivity contribution < 1.29 is 9.90 Å². The minimum atomic E-state index is -0.942. The Hall–Kier alpha value is -2.30. The summed E-state index contributed by atoms with van der Waals surface area (Å²) in [5, 5.41) is 8.90. The Morgan fingerprint density at radius 2 is 2.00 bits per heavy atom. The zero-order valence-electron chi connectivity index (χ0n) is 9.24. The number of aliphatic carboxylic acids is 1. The predicted octanol–water partition coefficient (Wildman–Crippen LogP) is 1.73. The maximum absolute atomic E-state index is 10.9. The van der Waals surface area contributed by atoms with E-state index in [0.29, 0.717) is 17.2 Å². The third-order valence-corrected chi connectivity index (χ3v) is 2.36. The second kappa shape index (κ2) is 4.69. The van der Waals surface area contributed by atoms with E-state index in [1.807, 2.05) is 18.2 Å². The molecule has 0 aliphatic carbocycles. The van der Waals surface area contributed by atoms with Crippen LogP contribution in [0.2, 0.25) is 0 Å². The van der Waals surface area contributed by atoms with E-state index in [0.717, 1.165) is 0 Å². The van der Waals surface area contributed by atoms with Gasteiger partial charge in [-0.05, 0) is 25.1 Å². The Labute approximate surface area is 98.2 Å². The van der Waals surface area contributed by atoms with Gasteiger partial charge in [-0.15, -0.1) is 0 Å². The molecule has 0 amide bonds. The van der Waals surface area contributed by atoms with E-state index in [4.69, 9.17) is 5.11 Å². The van der Waals surface area contributed by atoms with Crippen molar-refractivity contribution in [3.8, 4) is 11.4 Å². The molecule has 0 aliphatic heterocycles. The average Bonchev–Trinajstić information content (AvgIpc) is 2.39. The van der Waals surface area contributed by atoms with Gasteiger partial charge >= 0.3 is 5.97 Å². The zero-order valence-corrected chi connectivity index (χ0v) is 9.24. The van der Waals surface area contributed by atoms with Crippen LogP contribution in [0.3, 0.4) is 0 Å². The van der Waals surface area contributed by atoms with Crippen LogP contribution in [0.4, 0.5) is 0 Å². The summed E-state index contributed by atoms with van der Waals surface area (Å²) in [6.07, 6.45) is 3.21. The highest BCUT2D eigenvalue weighted by molar-refractivity contribution is 5.74. The van der Waals surface area contributed by atoms with Gasteiger partial charge < -0.3 is 5.11 Å². The molecule has 1 unspecified atom stereocenters. The number of nitrogens with zero attached hydrogens (tertiary/aromatic N) is 3. The quantitative estimate of drug-likeness (QED) is 0.867. The molecule has 0 aliphatic rings. The molecule has 0 spiro atoms. The Bertz CT molecular complexity index is 528. The summed E-state index contributed by atoms with van der Waals surface area (Å²) in [5.41, 5.74) is 1.33. The van der Waals surface area contributed by atoms with Crippen molar-refractivity contribution in [2.75, 3.05) is 0 Å². The number of carboxylic acids is 1. The molecule has 2 heterocycles. The summed E-state index contributed by atoms with van der Waals surface area (Å²) in [6, 6.07) is 7.19. The third-order valence-electron chi connectivity index (χ3n) is 2.36. The first kappa shape index (κ1) is 11.2. The number of carboxylic acid groups (broad SMARTS) is 1. The molecule has 0 saturated heterocycles. The van der Waals surface area contributed by atoms with E-state index in [2.05, 4.69) is 15.0 Å². The fourth-order valence-electron chi connectivity index (χ4n) is 1.35. The van der Waals surface area contributed by atoms with Crippen LogP contribution < -0.4 is 0 Å². The van der Waals surface area contributed by atoms with Gasteiger partial charge in [0.25, 0.3) is 0 Å². The standard InChI is InChI=1S/C12H11N3O2/c1-8(12(16)17)11-14-7-5-10(15-11)9-4-2-3-6-13-9/h2-8H,1H3,(H,16,17). The predicted molar refractivity (Wildman–Crippen MR) is 61.3 cm³/mol. The van der Waals surface area contributed by atoms with Crippen LogP contribution in [0.15, 0.2) is 36.7 Å². The van der Waals surface area contributed by atoms with E-state index >= 15 is 0 Å². The van der Waals surface area contributed by atoms with Crippen LogP contribution in [0.5, 0.6) is 0 Å². The van der Waals surface area contributed by atoms with Gasteiger partial charge in [0.15, 0.2) is 0 Å². The maximum atomic E-state index is 10.9. The fourth-order valence-corrected chi connectivity index (χ4v) is 1.35. The molecule has 2 aromatic heterocycles. The molecule has 0 saturated carbocycles. The van der Waals surface area contributed by atoms with Crippen molar-refractivity contribution in [3.63, 3.8) is 0 Å². The normalized spacial score (nSPS) is 12.1. The van der Waals surface area contributed by atoms with Crippen molar-refractivity contribution in [1.82, 2.24) is 15.0 Å². The van der Waals surface area contributed by atoms with Gasteiger partial charge in [0, 0.05) is 12.4 Å². The van der Waals surface area contributed by atoms with Crippen molar-refractivity contribution >= 4 is 5.97 Å². The van der Waals surface area contributed by atoms with E-state index in [-0.39, 0.29) is 0 Å². The minimum Gasteiger partial charge on any atom is -0.481 e. The summed E-state index contributed by atoms with van der Waals surface area (Å²) in [4.78, 5) is 23.2. The second-order valence-corrected chi connectivity index (χ2v) is 3.57. The number of aromatic nitrogens is 3. The first-order valence-corrected chi connectivity index (χ1v) is 5.15. The number of hydrogen-bond donors (Lipinski definition) is 1. The van der Waals surface area contributed by atoms with E-state index in [1.54, 1.807) is 25.4 Å². The Morgan fingerprint density at radius 3 is 2.65 bits per heavy atom. The lowest BCUT2D eigenvalue weighted by Crippen LogP contribution is -2.11. The molecule has 0 aromatic carbocycles. The average molecular weight is 229 g/mol. The Balaban J connectivity index is 2.39. The van der Waals surface area contributed by atoms with Crippen molar-refractivity contribution in [2.24, 2.45) is 0 Å². The molecule has 0 bridgehead atoms. The smallest absolute Gasteiger partial charge is 0.313 e. The number of carbonyl (C=O) groups is 1. The minimum absolute atomic E-state index is 0.292. The van der Waals surface area contributed by atoms with E-state index in [1.165, 1.54) is 0 Å². The fraction of sp³-hybridized carbons (Fsp3) is 0.167. The molecule has 2 aromatic rings. The van der Waals surface area contributed by atoms with Crippen LogP contribution in [0.25, 0.3) is 11.4 Å². The summed E-state index contributed by atoms with van der Waals surface area (Å²) >= 11 is 0. The monoisotopic (exact) mass is 229 g/mol. The Kier molecular flexibility index (Phi) is 3.09. The van der Waals surface area contributed by atoms with Gasteiger partial charge in [-0.25, -0.2) is 9.97 Å². The lowest BCUT2D eigenvalue weighted by molar-refractivity contribution is -0.138. The van der Waals surface area contributed by atoms with Gasteiger partial charge in [0.2, 0.25) is 0 Å². The molecule has 2 rings (SSSR count). The molecule has 5 nitrogen and oxygen atoms in total. The highest BCUT2D eigenvalue weighted by Crippen LogP contribution is 2.16. The molecule has 0 radical (unpaired) electrons. The summed E-state index contributed by atoms with van der Waals surface area (Å²) in [6.45, 7) is 1.56. The highest BCUT2D eigenvalue weighted by Gasteiger charge is 2.17. The molecule has 1 N–H and O–H groups in total. The molecule has 0 fully saturated rings. The molecular formula is C12H11N3O2. The number of pyridine rings is 1. The SMILES string of the molecule is CC(C(=O)O)c1nccc(-c2ccccn2)n1. The lowest BCUT2D eigenvalue weighted by Gasteiger charge is -2.06. The van der Waals surface area contributed by atoms with Crippen LogP contribution >= 0.6 is 0 Å². The number of hydrogen-bond acceptors (Lipinski definition) is 4. The topological polar surface area (TPSA) is 76.0 Å². The summed E-state index contributed by atoms with van der Waals surface area (Å²) in [5.74, 6) is -1.37. The first-order valence-electron chi connectivity index (χ1n) is 5.15.